The molecule has 146 valence electrons. The Morgan fingerprint density at radius 1 is 1.18 bits per heavy atom. The van der Waals surface area contributed by atoms with Gasteiger partial charge in [-0.15, -0.1) is 10.2 Å². The van der Waals surface area contributed by atoms with Crippen LogP contribution in [0.15, 0.2) is 58.6 Å². The Kier molecular flexibility index (Phi) is 6.76. The van der Waals surface area contributed by atoms with E-state index in [0.717, 1.165) is 11.8 Å². The summed E-state index contributed by atoms with van der Waals surface area (Å²) < 4.78 is 26.5. The lowest BCUT2D eigenvalue weighted by Gasteiger charge is -2.10. The number of halogens is 3. The summed E-state index contributed by atoms with van der Waals surface area (Å²) in [5.74, 6) is 3.40. The number of amides is 1. The second-order valence-corrected chi connectivity index (χ2v) is 7.75. The molecular formula is C17H14ClF2N5OS2. The largest absolute Gasteiger partial charge is 0.335 e. The Morgan fingerprint density at radius 2 is 1.89 bits per heavy atom. The molecule has 0 aliphatic carbocycles. The first kappa shape index (κ1) is 20.4. The number of benzene rings is 2. The minimum absolute atomic E-state index is 0.0223. The molecule has 3 N–H and O–H groups in total. The van der Waals surface area contributed by atoms with Crippen LogP contribution in [-0.4, -0.2) is 32.3 Å². The van der Waals surface area contributed by atoms with Crippen molar-refractivity contribution < 1.29 is 13.6 Å². The number of hydrogen-bond acceptors (Lipinski definition) is 6. The highest BCUT2D eigenvalue weighted by Gasteiger charge is 2.16. The van der Waals surface area contributed by atoms with Crippen LogP contribution in [-0.2, 0) is 4.79 Å². The lowest BCUT2D eigenvalue weighted by molar-refractivity contribution is -0.113. The SMILES string of the molecule is Nn1c(SCC(=O)Nc2ccccc2SC(F)F)nnc1-c1ccccc1Cl. The first-order chi connectivity index (χ1) is 13.5. The molecule has 0 saturated heterocycles. The summed E-state index contributed by atoms with van der Waals surface area (Å²) in [6, 6.07) is 13.4. The second-order valence-electron chi connectivity index (χ2n) is 5.37. The number of nitrogen functional groups attached to an aromatic ring is 1. The molecule has 2 aromatic carbocycles. The van der Waals surface area contributed by atoms with E-state index in [-0.39, 0.29) is 11.7 Å². The van der Waals surface area contributed by atoms with E-state index in [4.69, 9.17) is 17.4 Å². The predicted molar refractivity (Wildman–Crippen MR) is 108 cm³/mol. The zero-order valence-electron chi connectivity index (χ0n) is 14.2. The van der Waals surface area contributed by atoms with Crippen LogP contribution in [0.2, 0.25) is 5.02 Å². The van der Waals surface area contributed by atoms with Crippen molar-refractivity contribution in [2.75, 3.05) is 16.9 Å². The van der Waals surface area contributed by atoms with Crippen molar-refractivity contribution in [2.24, 2.45) is 0 Å². The summed E-state index contributed by atoms with van der Waals surface area (Å²) in [4.78, 5) is 12.5. The number of para-hydroxylation sites is 1. The fourth-order valence-electron chi connectivity index (χ4n) is 2.29. The standard InChI is InChI=1S/C17H14ClF2N5OS2/c18-11-6-2-1-5-10(11)15-23-24-17(25(15)21)27-9-14(26)22-12-7-3-4-8-13(12)28-16(19)20/h1-8,16H,9,21H2,(H,22,26). The number of anilines is 1. The van der Waals surface area contributed by atoms with Gasteiger partial charge in [0.1, 0.15) is 0 Å². The molecule has 1 amide bonds. The summed E-state index contributed by atoms with van der Waals surface area (Å²) in [6.45, 7) is 0. The molecular weight excluding hydrogens is 428 g/mol. The van der Waals surface area contributed by atoms with E-state index >= 15 is 0 Å². The maximum atomic E-state index is 12.6. The quantitative estimate of drug-likeness (QED) is 0.418. The number of nitrogens with zero attached hydrogens (tertiary/aromatic N) is 3. The number of hydrogen-bond donors (Lipinski definition) is 2. The number of carbonyl (C=O) groups is 1. The Labute approximate surface area is 172 Å². The van der Waals surface area contributed by atoms with Crippen molar-refractivity contribution in [1.82, 2.24) is 14.9 Å². The fourth-order valence-corrected chi connectivity index (χ4v) is 3.76. The maximum absolute atomic E-state index is 12.6. The van der Waals surface area contributed by atoms with Gasteiger partial charge < -0.3 is 11.2 Å². The molecule has 0 fully saturated rings. The van der Waals surface area contributed by atoms with Crippen molar-refractivity contribution in [3.05, 3.63) is 53.6 Å². The molecule has 1 aromatic heterocycles. The number of nitrogens with one attached hydrogen (secondary N) is 1. The van der Waals surface area contributed by atoms with Crippen molar-refractivity contribution >= 4 is 46.7 Å². The molecule has 0 radical (unpaired) electrons. The highest BCUT2D eigenvalue weighted by atomic mass is 35.5. The number of rotatable bonds is 7. The first-order valence-electron chi connectivity index (χ1n) is 7.87. The van der Waals surface area contributed by atoms with Gasteiger partial charge in [-0.3, -0.25) is 4.79 Å². The minimum atomic E-state index is -2.58. The molecule has 0 spiro atoms. The fraction of sp³-hybridized carbons (Fsp3) is 0.118. The molecule has 1 heterocycles. The van der Waals surface area contributed by atoms with Gasteiger partial charge in [-0.25, -0.2) is 4.68 Å². The van der Waals surface area contributed by atoms with Crippen molar-refractivity contribution in [3.63, 3.8) is 0 Å². The maximum Gasteiger partial charge on any atom is 0.288 e. The number of carbonyl (C=O) groups excluding carboxylic acids is 1. The Hall–Kier alpha value is -2.30. The lowest BCUT2D eigenvalue weighted by Crippen LogP contribution is -2.17. The Morgan fingerprint density at radius 3 is 2.64 bits per heavy atom. The molecule has 0 aliphatic heterocycles. The van der Waals surface area contributed by atoms with Crippen LogP contribution < -0.4 is 11.2 Å². The van der Waals surface area contributed by atoms with E-state index < -0.39 is 5.76 Å². The molecule has 0 bridgehead atoms. The minimum Gasteiger partial charge on any atom is -0.335 e. The van der Waals surface area contributed by atoms with E-state index in [9.17, 15) is 13.6 Å². The summed E-state index contributed by atoms with van der Waals surface area (Å²) in [5, 5.41) is 11.4. The number of alkyl halides is 2. The van der Waals surface area contributed by atoms with Gasteiger partial charge in [0.05, 0.1) is 16.5 Å². The zero-order valence-corrected chi connectivity index (χ0v) is 16.6. The van der Waals surface area contributed by atoms with Gasteiger partial charge in [0.2, 0.25) is 11.1 Å². The summed E-state index contributed by atoms with van der Waals surface area (Å²) >= 11 is 7.59. The molecule has 0 aliphatic rings. The third kappa shape index (κ3) is 4.94. The van der Waals surface area contributed by atoms with Crippen molar-refractivity contribution in [3.8, 4) is 11.4 Å². The van der Waals surface area contributed by atoms with E-state index in [1.807, 2.05) is 0 Å². The molecule has 3 rings (SSSR count). The predicted octanol–water partition coefficient (Wildman–Crippen LogP) is 4.36. The average molecular weight is 442 g/mol. The van der Waals surface area contributed by atoms with Crippen molar-refractivity contribution in [2.45, 2.75) is 15.8 Å². The van der Waals surface area contributed by atoms with Crippen LogP contribution in [0.4, 0.5) is 14.5 Å². The molecule has 3 aromatic rings. The van der Waals surface area contributed by atoms with Gasteiger partial charge in [0, 0.05) is 10.5 Å². The van der Waals surface area contributed by atoms with Crippen LogP contribution >= 0.6 is 35.1 Å². The number of aromatic nitrogens is 3. The first-order valence-corrected chi connectivity index (χ1v) is 10.1. The molecule has 11 heteroatoms. The van der Waals surface area contributed by atoms with Crippen LogP contribution in [0.5, 0.6) is 0 Å². The highest BCUT2D eigenvalue weighted by Crippen LogP contribution is 2.32. The molecule has 28 heavy (non-hydrogen) atoms. The Bertz CT molecular complexity index is 986. The van der Waals surface area contributed by atoms with E-state index in [1.165, 1.54) is 10.7 Å². The van der Waals surface area contributed by atoms with Crippen LogP contribution in [0.1, 0.15) is 0 Å². The topological polar surface area (TPSA) is 85.8 Å². The monoisotopic (exact) mass is 441 g/mol. The molecule has 6 nitrogen and oxygen atoms in total. The Balaban J connectivity index is 1.66. The van der Waals surface area contributed by atoms with E-state index in [0.29, 0.717) is 43.9 Å². The number of thioether (sulfide) groups is 2. The highest BCUT2D eigenvalue weighted by molar-refractivity contribution is 8.00. The number of nitrogens with two attached hydrogens (primary N) is 1. The summed E-state index contributed by atoms with van der Waals surface area (Å²) in [5.41, 5.74) is 0.942. The zero-order chi connectivity index (χ0) is 20.1. The third-order valence-corrected chi connectivity index (χ3v) is 5.55. The van der Waals surface area contributed by atoms with E-state index in [1.54, 1.807) is 42.5 Å². The van der Waals surface area contributed by atoms with Gasteiger partial charge in [0.25, 0.3) is 5.76 Å². The van der Waals surface area contributed by atoms with Crippen LogP contribution in [0, 0.1) is 0 Å². The second kappa shape index (κ2) is 9.26. The lowest BCUT2D eigenvalue weighted by atomic mass is 10.2. The molecule has 0 atom stereocenters. The van der Waals surface area contributed by atoms with E-state index in [2.05, 4.69) is 15.5 Å². The molecule has 0 unspecified atom stereocenters. The van der Waals surface area contributed by atoms with Crippen molar-refractivity contribution in [1.29, 1.82) is 0 Å². The van der Waals surface area contributed by atoms with Crippen LogP contribution in [0.25, 0.3) is 11.4 Å². The average Bonchev–Trinajstić information content (AvgIpc) is 3.02. The van der Waals surface area contributed by atoms with Crippen LogP contribution in [0.3, 0.4) is 0 Å². The van der Waals surface area contributed by atoms with Gasteiger partial charge >= 0.3 is 0 Å². The third-order valence-electron chi connectivity index (χ3n) is 3.49. The van der Waals surface area contributed by atoms with Gasteiger partial charge in [-0.05, 0) is 24.3 Å². The van der Waals surface area contributed by atoms with Gasteiger partial charge in [-0.2, -0.15) is 8.78 Å². The summed E-state index contributed by atoms with van der Waals surface area (Å²) in [6.07, 6.45) is 0. The smallest absolute Gasteiger partial charge is 0.288 e. The van der Waals surface area contributed by atoms with Gasteiger partial charge in [-0.1, -0.05) is 59.4 Å². The summed E-state index contributed by atoms with van der Waals surface area (Å²) in [7, 11) is 0. The molecule has 0 saturated carbocycles. The normalized spacial score (nSPS) is 11.0. The van der Waals surface area contributed by atoms with Gasteiger partial charge in [0.15, 0.2) is 5.82 Å².